The number of hydrogen-bond acceptors (Lipinski definition) is 10. The topological polar surface area (TPSA) is 180 Å². The number of carboxylic acids is 1. The van der Waals surface area contributed by atoms with Crippen LogP contribution in [0.5, 0.6) is 0 Å². The standard InChI is InChI=1S/C29H28N8O4S/c1-2-8-24-21(14-18-15-31-23(16-30-18)19-11-6-7-12-20(19)26-34-36-37-35-26)33-28(42-24)27(39)32-22(25(38)29(40)41)13-17-9-4-3-5-10-17/h3-7,9-12,15-16,22,25,38H,2,8,13-14H2,1H3,(H,32,39)(H,40,41)(H,34,35,36,37). The molecule has 13 heteroatoms. The molecule has 5 aromatic rings. The minimum atomic E-state index is -1.78. The number of hydrogen-bond donors (Lipinski definition) is 4. The number of thiazole rings is 1. The van der Waals surface area contributed by atoms with Gasteiger partial charge in [0.2, 0.25) is 5.82 Å². The number of carbonyl (C=O) groups excluding carboxylic acids is 1. The fourth-order valence-electron chi connectivity index (χ4n) is 4.49. The molecule has 3 heterocycles. The molecule has 0 aliphatic heterocycles. The van der Waals surface area contributed by atoms with Crippen molar-refractivity contribution < 1.29 is 19.8 Å². The summed E-state index contributed by atoms with van der Waals surface area (Å²) < 4.78 is 0. The molecule has 0 aliphatic rings. The van der Waals surface area contributed by atoms with Crippen molar-refractivity contribution in [2.75, 3.05) is 0 Å². The Morgan fingerprint density at radius 1 is 1.02 bits per heavy atom. The summed E-state index contributed by atoms with van der Waals surface area (Å²) in [5.74, 6) is -1.50. The molecular formula is C29H28N8O4S. The number of benzene rings is 2. The number of H-pyrrole nitrogens is 1. The average Bonchev–Trinajstić information content (AvgIpc) is 3.68. The number of nitrogens with zero attached hydrogens (tertiary/aromatic N) is 6. The maximum Gasteiger partial charge on any atom is 0.334 e. The van der Waals surface area contributed by atoms with Gasteiger partial charge in [-0.05, 0) is 23.6 Å². The van der Waals surface area contributed by atoms with E-state index in [1.54, 1.807) is 12.4 Å². The lowest BCUT2D eigenvalue weighted by atomic mass is 10.0. The minimum absolute atomic E-state index is 0.151. The van der Waals surface area contributed by atoms with Gasteiger partial charge in [-0.25, -0.2) is 9.78 Å². The third-order valence-electron chi connectivity index (χ3n) is 6.54. The Hall–Kier alpha value is -4.88. The second-order valence-electron chi connectivity index (χ2n) is 9.54. The van der Waals surface area contributed by atoms with Crippen LogP contribution in [0.1, 0.15) is 45.0 Å². The maximum absolute atomic E-state index is 13.2. The number of aryl methyl sites for hydroxylation is 1. The van der Waals surface area contributed by atoms with Crippen molar-refractivity contribution in [2.45, 2.75) is 44.8 Å². The van der Waals surface area contributed by atoms with Crippen molar-refractivity contribution in [1.82, 2.24) is 40.9 Å². The molecule has 5 rings (SSSR count). The summed E-state index contributed by atoms with van der Waals surface area (Å²) in [5.41, 5.74) is 4.40. The van der Waals surface area contributed by atoms with Crippen LogP contribution in [-0.4, -0.2) is 69.8 Å². The van der Waals surface area contributed by atoms with Crippen LogP contribution in [0.25, 0.3) is 22.6 Å². The molecule has 0 saturated carbocycles. The van der Waals surface area contributed by atoms with Gasteiger partial charge in [-0.1, -0.05) is 67.9 Å². The second kappa shape index (κ2) is 13.2. The molecule has 1 amide bonds. The lowest BCUT2D eigenvalue weighted by Gasteiger charge is -2.21. The number of aliphatic hydroxyl groups is 1. The molecule has 12 nitrogen and oxygen atoms in total. The lowest BCUT2D eigenvalue weighted by Crippen LogP contribution is -2.48. The van der Waals surface area contributed by atoms with E-state index in [-0.39, 0.29) is 11.4 Å². The first kappa shape index (κ1) is 28.6. The first-order chi connectivity index (χ1) is 20.4. The zero-order valence-corrected chi connectivity index (χ0v) is 23.5. The molecule has 2 aromatic carbocycles. The van der Waals surface area contributed by atoms with Gasteiger partial charge in [0.05, 0.1) is 29.3 Å². The molecule has 214 valence electrons. The summed E-state index contributed by atoms with van der Waals surface area (Å²) in [6.45, 7) is 2.04. The van der Waals surface area contributed by atoms with Crippen molar-refractivity contribution in [3.05, 3.63) is 93.8 Å². The average molecular weight is 585 g/mol. The van der Waals surface area contributed by atoms with Crippen LogP contribution in [-0.2, 0) is 24.1 Å². The van der Waals surface area contributed by atoms with Crippen LogP contribution >= 0.6 is 11.3 Å². The lowest BCUT2D eigenvalue weighted by molar-refractivity contribution is -0.148. The molecule has 4 N–H and O–H groups in total. The predicted molar refractivity (Wildman–Crippen MR) is 155 cm³/mol. The van der Waals surface area contributed by atoms with E-state index in [0.717, 1.165) is 34.4 Å². The monoisotopic (exact) mass is 584 g/mol. The zero-order chi connectivity index (χ0) is 29.5. The molecule has 0 aliphatic carbocycles. The van der Waals surface area contributed by atoms with Crippen molar-refractivity contribution in [1.29, 1.82) is 0 Å². The number of amides is 1. The third kappa shape index (κ3) is 6.70. The van der Waals surface area contributed by atoms with Crippen molar-refractivity contribution in [2.24, 2.45) is 0 Å². The SMILES string of the molecule is CCCc1sc(C(=O)NC(Cc2ccccc2)C(O)C(=O)O)nc1Cc1cnc(-c2ccccc2-c2nn[nH]n2)cn1. The van der Waals surface area contributed by atoms with E-state index < -0.39 is 24.0 Å². The summed E-state index contributed by atoms with van der Waals surface area (Å²) in [6.07, 6.45) is 3.66. The van der Waals surface area contributed by atoms with Gasteiger partial charge in [0, 0.05) is 28.6 Å². The van der Waals surface area contributed by atoms with E-state index in [1.807, 2.05) is 61.5 Å². The number of aromatic nitrogens is 7. The van der Waals surface area contributed by atoms with Crippen LogP contribution in [0.3, 0.4) is 0 Å². The Bertz CT molecular complexity index is 1640. The third-order valence-corrected chi connectivity index (χ3v) is 7.70. The van der Waals surface area contributed by atoms with Crippen LogP contribution in [0.2, 0.25) is 0 Å². The number of aromatic amines is 1. The normalized spacial score (nSPS) is 12.5. The van der Waals surface area contributed by atoms with E-state index in [0.29, 0.717) is 29.3 Å². The number of carbonyl (C=O) groups is 2. The van der Waals surface area contributed by atoms with Gasteiger partial charge in [-0.15, -0.1) is 21.5 Å². The summed E-state index contributed by atoms with van der Waals surface area (Å²) in [6, 6.07) is 15.6. The quantitative estimate of drug-likeness (QED) is 0.170. The van der Waals surface area contributed by atoms with Gasteiger partial charge < -0.3 is 15.5 Å². The molecule has 0 radical (unpaired) electrons. The van der Waals surface area contributed by atoms with Gasteiger partial charge in [-0.2, -0.15) is 5.21 Å². The molecule has 3 aromatic heterocycles. The first-order valence-corrected chi connectivity index (χ1v) is 14.1. The first-order valence-electron chi connectivity index (χ1n) is 13.3. The van der Waals surface area contributed by atoms with Crippen LogP contribution in [0, 0.1) is 0 Å². The largest absolute Gasteiger partial charge is 0.479 e. The van der Waals surface area contributed by atoms with Gasteiger partial charge in [0.1, 0.15) is 0 Å². The number of rotatable bonds is 12. The Morgan fingerprint density at radius 2 is 1.79 bits per heavy atom. The second-order valence-corrected chi connectivity index (χ2v) is 10.6. The number of aliphatic carboxylic acids is 1. The van der Waals surface area contributed by atoms with Crippen LogP contribution in [0.4, 0.5) is 0 Å². The van der Waals surface area contributed by atoms with E-state index in [1.165, 1.54) is 11.3 Å². The Labute approximate surface area is 244 Å². The van der Waals surface area contributed by atoms with Gasteiger partial charge >= 0.3 is 5.97 Å². The molecule has 0 fully saturated rings. The van der Waals surface area contributed by atoms with E-state index in [2.05, 4.69) is 40.9 Å². The highest BCUT2D eigenvalue weighted by molar-refractivity contribution is 7.13. The van der Waals surface area contributed by atoms with Crippen LogP contribution in [0.15, 0.2) is 67.0 Å². The van der Waals surface area contributed by atoms with Crippen molar-refractivity contribution in [3.63, 3.8) is 0 Å². The molecular weight excluding hydrogens is 556 g/mol. The Morgan fingerprint density at radius 3 is 2.45 bits per heavy atom. The highest BCUT2D eigenvalue weighted by Crippen LogP contribution is 2.28. The molecule has 2 atom stereocenters. The zero-order valence-electron chi connectivity index (χ0n) is 22.6. The van der Waals surface area contributed by atoms with E-state index >= 15 is 0 Å². The van der Waals surface area contributed by atoms with Crippen molar-refractivity contribution in [3.8, 4) is 22.6 Å². The summed E-state index contributed by atoms with van der Waals surface area (Å²) in [4.78, 5) is 39.5. The Balaban J connectivity index is 1.34. The van der Waals surface area contributed by atoms with Crippen molar-refractivity contribution >= 4 is 23.2 Å². The maximum atomic E-state index is 13.2. The minimum Gasteiger partial charge on any atom is -0.479 e. The molecule has 0 saturated heterocycles. The van der Waals surface area contributed by atoms with E-state index in [4.69, 9.17) is 0 Å². The molecule has 42 heavy (non-hydrogen) atoms. The fourth-order valence-corrected chi connectivity index (χ4v) is 5.57. The number of aliphatic hydroxyl groups excluding tert-OH is 1. The van der Waals surface area contributed by atoms with Gasteiger partial charge in [0.15, 0.2) is 11.1 Å². The van der Waals surface area contributed by atoms with E-state index in [9.17, 15) is 19.8 Å². The molecule has 0 spiro atoms. The fraction of sp³-hybridized carbons (Fsp3) is 0.241. The number of carboxylic acid groups (broad SMARTS) is 1. The summed E-state index contributed by atoms with van der Waals surface area (Å²) >= 11 is 1.26. The highest BCUT2D eigenvalue weighted by Gasteiger charge is 2.29. The molecule has 0 bridgehead atoms. The van der Waals surface area contributed by atoms with Gasteiger partial charge in [-0.3, -0.25) is 14.8 Å². The number of tetrazole rings is 1. The Kier molecular flexibility index (Phi) is 8.99. The molecule has 2 unspecified atom stereocenters. The smallest absolute Gasteiger partial charge is 0.334 e. The summed E-state index contributed by atoms with van der Waals surface area (Å²) in [7, 11) is 0. The highest BCUT2D eigenvalue weighted by atomic mass is 32.1. The van der Waals surface area contributed by atoms with Gasteiger partial charge in [0.25, 0.3) is 5.91 Å². The number of nitrogens with one attached hydrogen (secondary N) is 2. The predicted octanol–water partition coefficient (Wildman–Crippen LogP) is 3.11. The summed E-state index contributed by atoms with van der Waals surface area (Å²) in [5, 5.41) is 36.8. The van der Waals surface area contributed by atoms with Crippen LogP contribution < -0.4 is 5.32 Å².